The van der Waals surface area contributed by atoms with Crippen LogP contribution < -0.4 is 10.9 Å². The zero-order chi connectivity index (χ0) is 13.1. The van der Waals surface area contributed by atoms with E-state index in [9.17, 15) is 13.2 Å². The highest BCUT2D eigenvalue weighted by molar-refractivity contribution is 7.86. The molecule has 4 N–H and O–H groups in total. The maximum atomic E-state index is 11.8. The first kappa shape index (κ1) is 13.9. The summed E-state index contributed by atoms with van der Waals surface area (Å²) in [7, 11) is -3.67. The Bertz CT molecular complexity index is 420. The van der Waals surface area contributed by atoms with E-state index in [2.05, 4.69) is 5.92 Å². The van der Waals surface area contributed by atoms with Crippen LogP contribution in [0.5, 0.6) is 0 Å². The van der Waals surface area contributed by atoms with Gasteiger partial charge in [0.2, 0.25) is 5.91 Å². The first-order chi connectivity index (χ1) is 7.86. The van der Waals surface area contributed by atoms with Crippen molar-refractivity contribution in [3.8, 4) is 12.3 Å². The van der Waals surface area contributed by atoms with Crippen LogP contribution in [0.1, 0.15) is 6.42 Å². The predicted molar refractivity (Wildman–Crippen MR) is 62.7 cm³/mol. The van der Waals surface area contributed by atoms with Crippen molar-refractivity contribution in [3.05, 3.63) is 0 Å². The molecule has 0 aliphatic carbocycles. The number of nitrogens with two attached hydrogens (primary N) is 2. The van der Waals surface area contributed by atoms with Crippen molar-refractivity contribution in [3.63, 3.8) is 0 Å². The molecule has 1 aliphatic rings. The number of carbonyl (C=O) groups is 1. The molecule has 7 nitrogen and oxygen atoms in total. The molecule has 8 heteroatoms. The molecule has 1 atom stereocenters. The SMILES string of the molecule is C#CCC(N)C(=O)N1CCN(S(N)(=O)=O)CC1. The highest BCUT2D eigenvalue weighted by Gasteiger charge is 2.28. The molecule has 0 saturated carbocycles. The van der Waals surface area contributed by atoms with Crippen LogP contribution in [0.15, 0.2) is 0 Å². The quantitative estimate of drug-likeness (QED) is 0.555. The van der Waals surface area contributed by atoms with Crippen LogP contribution in [0, 0.1) is 12.3 Å². The summed E-state index contributed by atoms with van der Waals surface area (Å²) in [5.74, 6) is 2.07. The van der Waals surface area contributed by atoms with Gasteiger partial charge in [0.25, 0.3) is 10.2 Å². The zero-order valence-electron chi connectivity index (χ0n) is 9.37. The van der Waals surface area contributed by atoms with E-state index in [1.54, 1.807) is 0 Å². The van der Waals surface area contributed by atoms with E-state index in [-0.39, 0.29) is 38.5 Å². The summed E-state index contributed by atoms with van der Waals surface area (Å²) in [6, 6.07) is -0.721. The van der Waals surface area contributed by atoms with Gasteiger partial charge >= 0.3 is 0 Å². The number of amides is 1. The third-order valence-electron chi connectivity index (χ3n) is 2.57. The van der Waals surface area contributed by atoms with Crippen LogP contribution in [-0.4, -0.2) is 55.8 Å². The van der Waals surface area contributed by atoms with Crippen LogP contribution >= 0.6 is 0 Å². The Hall–Kier alpha value is -1.14. The Balaban J connectivity index is 2.53. The lowest BCUT2D eigenvalue weighted by molar-refractivity contribution is -0.133. The third kappa shape index (κ3) is 3.67. The van der Waals surface area contributed by atoms with Gasteiger partial charge in [-0.25, -0.2) is 5.14 Å². The minimum absolute atomic E-state index is 0.175. The van der Waals surface area contributed by atoms with Crippen LogP contribution in [-0.2, 0) is 15.0 Å². The Morgan fingerprint density at radius 3 is 2.29 bits per heavy atom. The molecular formula is C9H16N4O3S. The normalized spacial score (nSPS) is 19.7. The molecule has 1 fully saturated rings. The van der Waals surface area contributed by atoms with Gasteiger partial charge in [0.05, 0.1) is 6.04 Å². The van der Waals surface area contributed by atoms with Gasteiger partial charge < -0.3 is 10.6 Å². The number of piperazine rings is 1. The average Bonchev–Trinajstić information content (AvgIpc) is 2.27. The smallest absolute Gasteiger partial charge is 0.277 e. The Kier molecular flexibility index (Phi) is 4.47. The summed E-state index contributed by atoms with van der Waals surface area (Å²) in [4.78, 5) is 13.3. The number of rotatable bonds is 3. The summed E-state index contributed by atoms with van der Waals surface area (Å²) in [5.41, 5.74) is 5.59. The van der Waals surface area contributed by atoms with Gasteiger partial charge in [-0.1, -0.05) is 0 Å². The van der Waals surface area contributed by atoms with E-state index in [0.717, 1.165) is 4.31 Å². The standard InChI is InChI=1S/C9H16N4O3S/c1-2-3-8(10)9(14)12-4-6-13(7-5-12)17(11,15)16/h1,8H,3-7,10H2,(H2,11,15,16). The van der Waals surface area contributed by atoms with Gasteiger partial charge in [-0.05, 0) is 0 Å². The molecule has 1 amide bonds. The lowest BCUT2D eigenvalue weighted by Gasteiger charge is -2.34. The second-order valence-electron chi connectivity index (χ2n) is 3.78. The minimum atomic E-state index is -3.67. The molecule has 0 bridgehead atoms. The second-order valence-corrected chi connectivity index (χ2v) is 5.33. The van der Waals surface area contributed by atoms with Gasteiger partial charge in [0.15, 0.2) is 0 Å². The van der Waals surface area contributed by atoms with Crippen LogP contribution in [0.4, 0.5) is 0 Å². The van der Waals surface area contributed by atoms with E-state index in [0.29, 0.717) is 0 Å². The summed E-state index contributed by atoms with van der Waals surface area (Å²) in [5, 5.41) is 4.98. The van der Waals surface area contributed by atoms with Crippen molar-refractivity contribution in [2.75, 3.05) is 26.2 Å². The average molecular weight is 260 g/mol. The van der Waals surface area contributed by atoms with Gasteiger partial charge in [-0.15, -0.1) is 12.3 Å². The molecule has 1 heterocycles. The molecule has 0 spiro atoms. The van der Waals surface area contributed by atoms with E-state index < -0.39 is 16.3 Å². The van der Waals surface area contributed by atoms with E-state index >= 15 is 0 Å². The highest BCUT2D eigenvalue weighted by Crippen LogP contribution is 2.06. The van der Waals surface area contributed by atoms with Crippen molar-refractivity contribution in [2.45, 2.75) is 12.5 Å². The van der Waals surface area contributed by atoms with E-state index in [1.807, 2.05) is 0 Å². The molecule has 0 aromatic carbocycles. The molecule has 1 rings (SSSR count). The van der Waals surface area contributed by atoms with Crippen molar-refractivity contribution in [2.24, 2.45) is 10.9 Å². The van der Waals surface area contributed by atoms with Crippen LogP contribution in [0.25, 0.3) is 0 Å². The van der Waals surface area contributed by atoms with Gasteiger partial charge in [-0.3, -0.25) is 4.79 Å². The molecule has 0 aromatic rings. The van der Waals surface area contributed by atoms with Gasteiger partial charge in [0.1, 0.15) is 0 Å². The summed E-state index contributed by atoms with van der Waals surface area (Å²) < 4.78 is 23.2. The number of hydrogen-bond donors (Lipinski definition) is 2. The van der Waals surface area contributed by atoms with Gasteiger partial charge in [-0.2, -0.15) is 12.7 Å². The first-order valence-corrected chi connectivity index (χ1v) is 6.62. The van der Waals surface area contributed by atoms with E-state index in [1.165, 1.54) is 4.90 Å². The van der Waals surface area contributed by atoms with Crippen molar-refractivity contribution in [1.82, 2.24) is 9.21 Å². The summed E-state index contributed by atoms with van der Waals surface area (Å²) in [6.45, 7) is 0.946. The number of hydrogen-bond acceptors (Lipinski definition) is 4. The summed E-state index contributed by atoms with van der Waals surface area (Å²) in [6.07, 6.45) is 5.25. The molecule has 96 valence electrons. The Labute approximate surface area is 101 Å². The zero-order valence-corrected chi connectivity index (χ0v) is 10.2. The predicted octanol–water partition coefficient (Wildman–Crippen LogP) is -2.32. The van der Waals surface area contributed by atoms with Crippen molar-refractivity contribution < 1.29 is 13.2 Å². The topological polar surface area (TPSA) is 110 Å². The number of nitrogens with zero attached hydrogens (tertiary/aromatic N) is 2. The fourth-order valence-electron chi connectivity index (χ4n) is 1.61. The van der Waals surface area contributed by atoms with Gasteiger partial charge in [0, 0.05) is 32.6 Å². The Morgan fingerprint density at radius 2 is 1.88 bits per heavy atom. The van der Waals surface area contributed by atoms with Crippen molar-refractivity contribution >= 4 is 16.1 Å². The maximum Gasteiger partial charge on any atom is 0.277 e. The molecule has 0 aromatic heterocycles. The largest absolute Gasteiger partial charge is 0.339 e. The molecule has 1 saturated heterocycles. The fraction of sp³-hybridized carbons (Fsp3) is 0.667. The lowest BCUT2D eigenvalue weighted by atomic mass is 10.2. The highest BCUT2D eigenvalue weighted by atomic mass is 32.2. The molecule has 17 heavy (non-hydrogen) atoms. The monoisotopic (exact) mass is 260 g/mol. The molecular weight excluding hydrogens is 244 g/mol. The number of carbonyl (C=O) groups excluding carboxylic acids is 1. The Morgan fingerprint density at radius 1 is 1.35 bits per heavy atom. The maximum absolute atomic E-state index is 11.8. The third-order valence-corrected chi connectivity index (χ3v) is 3.65. The van der Waals surface area contributed by atoms with Crippen LogP contribution in [0.2, 0.25) is 0 Å². The fourth-order valence-corrected chi connectivity index (χ4v) is 2.28. The minimum Gasteiger partial charge on any atom is -0.339 e. The second kappa shape index (κ2) is 5.46. The molecule has 0 radical (unpaired) electrons. The van der Waals surface area contributed by atoms with Crippen LogP contribution in [0.3, 0.4) is 0 Å². The van der Waals surface area contributed by atoms with Crippen molar-refractivity contribution in [1.29, 1.82) is 0 Å². The summed E-state index contributed by atoms with van der Waals surface area (Å²) >= 11 is 0. The lowest BCUT2D eigenvalue weighted by Crippen LogP contribution is -2.55. The molecule has 1 aliphatic heterocycles. The number of terminal acetylenes is 1. The molecule has 1 unspecified atom stereocenters. The van der Waals surface area contributed by atoms with E-state index in [4.69, 9.17) is 17.3 Å². The first-order valence-electron chi connectivity index (χ1n) is 5.12.